The van der Waals surface area contributed by atoms with Gasteiger partial charge in [-0.15, -0.1) is 13.2 Å². The van der Waals surface area contributed by atoms with E-state index in [-0.39, 0.29) is 11.3 Å². The maximum absolute atomic E-state index is 12.0. The Kier molecular flexibility index (Phi) is 3.84. The van der Waals surface area contributed by atoms with Gasteiger partial charge in [0.2, 0.25) is 0 Å². The molecular weight excluding hydrogens is 259 g/mol. The normalized spacial score (nSPS) is 11.1. The summed E-state index contributed by atoms with van der Waals surface area (Å²) in [6, 6.07) is 0. The fourth-order valence-electron chi connectivity index (χ4n) is 1.18. The molecule has 0 bridgehead atoms. The highest BCUT2D eigenvalue weighted by molar-refractivity contribution is 5.73. The minimum atomic E-state index is -5.04. The first-order valence-electron chi connectivity index (χ1n) is 4.47. The number of aromatic hydroxyl groups is 1. The highest BCUT2D eigenvalue weighted by Crippen LogP contribution is 2.37. The summed E-state index contributed by atoms with van der Waals surface area (Å²) < 4.78 is 44.1. The predicted molar refractivity (Wildman–Crippen MR) is 50.5 cm³/mol. The van der Waals surface area contributed by atoms with Crippen molar-refractivity contribution in [3.8, 4) is 17.4 Å². The number of carbonyl (C=O) groups is 1. The topological polar surface area (TPSA) is 88.9 Å². The van der Waals surface area contributed by atoms with Crippen LogP contribution in [0.25, 0.3) is 0 Å². The van der Waals surface area contributed by atoms with Crippen LogP contribution in [-0.2, 0) is 11.2 Å². The predicted octanol–water partition coefficient (Wildman–Crippen LogP) is 1.32. The molecule has 1 rings (SSSR count). The van der Waals surface area contributed by atoms with Crippen LogP contribution in [0.3, 0.4) is 0 Å². The van der Waals surface area contributed by atoms with Crippen LogP contribution in [0.4, 0.5) is 13.2 Å². The largest absolute Gasteiger partial charge is 0.574 e. The molecule has 0 aliphatic rings. The molecule has 0 amide bonds. The number of pyridine rings is 1. The van der Waals surface area contributed by atoms with Crippen molar-refractivity contribution in [2.24, 2.45) is 0 Å². The first-order valence-corrected chi connectivity index (χ1v) is 4.47. The Hall–Kier alpha value is -2.19. The van der Waals surface area contributed by atoms with Crippen LogP contribution in [0.2, 0.25) is 0 Å². The maximum atomic E-state index is 12.0. The van der Waals surface area contributed by atoms with Gasteiger partial charge in [-0.25, -0.2) is 4.98 Å². The molecule has 0 unspecified atom stereocenters. The molecule has 0 saturated carbocycles. The molecule has 100 valence electrons. The molecule has 0 atom stereocenters. The van der Waals surface area contributed by atoms with Gasteiger partial charge in [-0.1, -0.05) is 0 Å². The van der Waals surface area contributed by atoms with Gasteiger partial charge in [0.05, 0.1) is 25.3 Å². The number of hydrogen-bond donors (Lipinski definition) is 2. The standard InChI is InChI=1S/C9H8F3NO5/c1-17-5-3-13-8(18-9(10,11)12)7(16)4(5)2-6(14)15/h3,16H,2H2,1H3,(H,14,15). The molecule has 0 aromatic carbocycles. The monoisotopic (exact) mass is 267 g/mol. The summed E-state index contributed by atoms with van der Waals surface area (Å²) in [6.07, 6.45) is -4.94. The van der Waals surface area contributed by atoms with Crippen LogP contribution in [-0.4, -0.2) is 34.6 Å². The fraction of sp³-hybridized carbons (Fsp3) is 0.333. The Morgan fingerprint density at radius 1 is 1.50 bits per heavy atom. The molecule has 0 fully saturated rings. The summed E-state index contributed by atoms with van der Waals surface area (Å²) in [5, 5.41) is 18.1. The quantitative estimate of drug-likeness (QED) is 0.855. The van der Waals surface area contributed by atoms with Crippen molar-refractivity contribution in [2.75, 3.05) is 7.11 Å². The van der Waals surface area contributed by atoms with Gasteiger partial charge >= 0.3 is 12.3 Å². The van der Waals surface area contributed by atoms with E-state index in [9.17, 15) is 23.1 Å². The average Bonchev–Trinajstić information content (AvgIpc) is 2.22. The lowest BCUT2D eigenvalue weighted by Gasteiger charge is -2.13. The molecule has 0 aliphatic carbocycles. The molecule has 1 heterocycles. The van der Waals surface area contributed by atoms with E-state index in [2.05, 4.69) is 14.5 Å². The van der Waals surface area contributed by atoms with Crippen molar-refractivity contribution in [1.82, 2.24) is 4.98 Å². The van der Waals surface area contributed by atoms with Gasteiger partial charge in [0.1, 0.15) is 5.75 Å². The van der Waals surface area contributed by atoms with Gasteiger partial charge in [0, 0.05) is 0 Å². The maximum Gasteiger partial charge on any atom is 0.574 e. The molecule has 2 N–H and O–H groups in total. The van der Waals surface area contributed by atoms with Crippen molar-refractivity contribution >= 4 is 5.97 Å². The van der Waals surface area contributed by atoms with E-state index in [1.807, 2.05) is 0 Å². The highest BCUT2D eigenvalue weighted by Gasteiger charge is 2.34. The summed E-state index contributed by atoms with van der Waals surface area (Å²) in [6.45, 7) is 0. The van der Waals surface area contributed by atoms with E-state index in [4.69, 9.17) is 5.11 Å². The first kappa shape index (κ1) is 13.9. The number of halogens is 3. The zero-order chi connectivity index (χ0) is 13.9. The van der Waals surface area contributed by atoms with Gasteiger partial charge in [-0.2, -0.15) is 0 Å². The van der Waals surface area contributed by atoms with Gasteiger partial charge in [-0.3, -0.25) is 4.79 Å². The number of carboxylic acids is 1. The van der Waals surface area contributed by atoms with Crippen LogP contribution in [0.1, 0.15) is 5.56 Å². The van der Waals surface area contributed by atoms with E-state index in [1.165, 1.54) is 0 Å². The molecule has 0 spiro atoms. The molecule has 1 aromatic heterocycles. The van der Waals surface area contributed by atoms with Gasteiger partial charge < -0.3 is 19.7 Å². The molecule has 0 saturated heterocycles. The number of methoxy groups -OCH3 is 1. The van der Waals surface area contributed by atoms with Crippen molar-refractivity contribution < 1.29 is 37.7 Å². The van der Waals surface area contributed by atoms with Gasteiger partial charge in [-0.05, 0) is 0 Å². The molecular formula is C9H8F3NO5. The van der Waals surface area contributed by atoms with E-state index < -0.39 is 30.4 Å². The van der Waals surface area contributed by atoms with Crippen LogP contribution in [0.5, 0.6) is 17.4 Å². The van der Waals surface area contributed by atoms with E-state index >= 15 is 0 Å². The Morgan fingerprint density at radius 2 is 2.11 bits per heavy atom. The Labute approximate surface area is 98.6 Å². The van der Waals surface area contributed by atoms with Crippen LogP contribution >= 0.6 is 0 Å². The lowest BCUT2D eigenvalue weighted by atomic mass is 10.1. The van der Waals surface area contributed by atoms with Crippen LogP contribution in [0, 0.1) is 0 Å². The van der Waals surface area contributed by atoms with Crippen molar-refractivity contribution in [3.05, 3.63) is 11.8 Å². The zero-order valence-electron chi connectivity index (χ0n) is 8.98. The number of nitrogens with zero attached hydrogens (tertiary/aromatic N) is 1. The summed E-state index contributed by atoms with van der Waals surface area (Å²) >= 11 is 0. The number of aliphatic carboxylic acids is 1. The Bertz CT molecular complexity index is 460. The minimum absolute atomic E-state index is 0.149. The molecule has 9 heteroatoms. The third kappa shape index (κ3) is 3.40. The molecule has 0 radical (unpaired) electrons. The second-order valence-corrected chi connectivity index (χ2v) is 3.08. The van der Waals surface area contributed by atoms with Gasteiger partial charge in [0.25, 0.3) is 5.88 Å². The van der Waals surface area contributed by atoms with Crippen molar-refractivity contribution in [3.63, 3.8) is 0 Å². The summed E-state index contributed by atoms with van der Waals surface area (Å²) in [4.78, 5) is 13.7. The molecule has 0 aliphatic heterocycles. The first-order chi connectivity index (χ1) is 8.24. The van der Waals surface area contributed by atoms with Gasteiger partial charge in [0.15, 0.2) is 5.75 Å². The lowest BCUT2D eigenvalue weighted by molar-refractivity contribution is -0.276. The lowest BCUT2D eigenvalue weighted by Crippen LogP contribution is -2.18. The van der Waals surface area contributed by atoms with Crippen LogP contribution < -0.4 is 9.47 Å². The van der Waals surface area contributed by atoms with Crippen LogP contribution in [0.15, 0.2) is 6.20 Å². The zero-order valence-corrected chi connectivity index (χ0v) is 8.98. The van der Waals surface area contributed by atoms with Crippen molar-refractivity contribution in [1.29, 1.82) is 0 Å². The van der Waals surface area contributed by atoms with E-state index in [0.29, 0.717) is 0 Å². The summed E-state index contributed by atoms with van der Waals surface area (Å²) in [5.74, 6) is -3.65. The third-order valence-electron chi connectivity index (χ3n) is 1.85. The number of aromatic nitrogens is 1. The number of carboxylic acid groups (broad SMARTS) is 1. The second-order valence-electron chi connectivity index (χ2n) is 3.08. The minimum Gasteiger partial charge on any atom is -0.503 e. The molecule has 1 aromatic rings. The molecule has 6 nitrogen and oxygen atoms in total. The smallest absolute Gasteiger partial charge is 0.503 e. The SMILES string of the molecule is COc1cnc(OC(F)(F)F)c(O)c1CC(=O)O. The van der Waals surface area contributed by atoms with E-state index in [1.54, 1.807) is 0 Å². The highest BCUT2D eigenvalue weighted by atomic mass is 19.4. The Morgan fingerprint density at radius 3 is 2.56 bits per heavy atom. The number of rotatable bonds is 4. The summed E-state index contributed by atoms with van der Waals surface area (Å²) in [7, 11) is 1.16. The fourth-order valence-corrected chi connectivity index (χ4v) is 1.18. The Balaban J connectivity index is 3.20. The average molecular weight is 267 g/mol. The summed E-state index contributed by atoms with van der Waals surface area (Å²) in [5.41, 5.74) is -0.348. The second kappa shape index (κ2) is 4.98. The van der Waals surface area contributed by atoms with Crippen molar-refractivity contribution in [2.45, 2.75) is 12.8 Å². The number of ether oxygens (including phenoxy) is 2. The number of hydrogen-bond acceptors (Lipinski definition) is 5. The third-order valence-corrected chi connectivity index (χ3v) is 1.85. The molecule has 18 heavy (non-hydrogen) atoms. The van der Waals surface area contributed by atoms with E-state index in [0.717, 1.165) is 13.3 Å². The number of alkyl halides is 3.